The lowest BCUT2D eigenvalue weighted by Gasteiger charge is -2.20. The smallest absolute Gasteiger partial charge is 0.0317 e. The third-order valence-electron chi connectivity index (χ3n) is 2.29. The summed E-state index contributed by atoms with van der Waals surface area (Å²) in [5.74, 6) is 0.909. The summed E-state index contributed by atoms with van der Waals surface area (Å²) in [6, 6.07) is 0. The zero-order valence-corrected chi connectivity index (χ0v) is 6.68. The van der Waals surface area contributed by atoms with Crippen molar-refractivity contribution in [2.75, 3.05) is 0 Å². The molecule has 0 atom stereocenters. The summed E-state index contributed by atoms with van der Waals surface area (Å²) in [7, 11) is 0. The summed E-state index contributed by atoms with van der Waals surface area (Å²) in [5.41, 5.74) is 0. The summed E-state index contributed by atoms with van der Waals surface area (Å²) in [6.45, 7) is 3.71. The standard InChI is InChI=1S/C10H17/c1-2-3-7-10-8-5-4-6-9-10/h2,7,10H,1,3-6,8-9H2. The molecule has 1 aliphatic rings. The molecule has 0 bridgehead atoms. The van der Waals surface area contributed by atoms with Crippen molar-refractivity contribution >= 4 is 0 Å². The Morgan fingerprint density at radius 3 is 2.50 bits per heavy atom. The van der Waals surface area contributed by atoms with E-state index in [-0.39, 0.29) is 0 Å². The third-order valence-corrected chi connectivity index (χ3v) is 2.29. The molecule has 0 amide bonds. The SMILES string of the molecule is C=CC[CH]C1CCCCC1. The zero-order chi connectivity index (χ0) is 7.23. The molecule has 10 heavy (non-hydrogen) atoms. The van der Waals surface area contributed by atoms with Crippen LogP contribution in [-0.4, -0.2) is 0 Å². The first-order chi connectivity index (χ1) is 4.93. The molecule has 0 heteroatoms. The molecule has 1 fully saturated rings. The lowest BCUT2D eigenvalue weighted by Crippen LogP contribution is -2.05. The van der Waals surface area contributed by atoms with E-state index < -0.39 is 0 Å². The van der Waals surface area contributed by atoms with Gasteiger partial charge in [0.25, 0.3) is 0 Å². The van der Waals surface area contributed by atoms with Gasteiger partial charge in [-0.3, -0.25) is 0 Å². The first-order valence-corrected chi connectivity index (χ1v) is 4.37. The van der Waals surface area contributed by atoms with Crippen molar-refractivity contribution < 1.29 is 0 Å². The lowest BCUT2D eigenvalue weighted by atomic mass is 9.86. The molecule has 0 nitrogen and oxygen atoms in total. The summed E-state index contributed by atoms with van der Waals surface area (Å²) in [6.07, 6.45) is 12.7. The molecule has 0 saturated heterocycles. The molecule has 0 aliphatic heterocycles. The third kappa shape index (κ3) is 2.55. The second-order valence-electron chi connectivity index (χ2n) is 3.16. The van der Waals surface area contributed by atoms with Crippen LogP contribution in [-0.2, 0) is 0 Å². The van der Waals surface area contributed by atoms with E-state index in [2.05, 4.69) is 13.0 Å². The summed E-state index contributed by atoms with van der Waals surface area (Å²) in [5, 5.41) is 0. The Morgan fingerprint density at radius 1 is 1.20 bits per heavy atom. The topological polar surface area (TPSA) is 0 Å². The molecule has 0 N–H and O–H groups in total. The Balaban J connectivity index is 2.07. The van der Waals surface area contributed by atoms with Crippen LogP contribution >= 0.6 is 0 Å². The van der Waals surface area contributed by atoms with E-state index in [1.54, 1.807) is 0 Å². The maximum absolute atomic E-state index is 3.71. The molecule has 0 spiro atoms. The maximum Gasteiger partial charge on any atom is -0.0317 e. The van der Waals surface area contributed by atoms with Crippen LogP contribution in [0.5, 0.6) is 0 Å². The van der Waals surface area contributed by atoms with Gasteiger partial charge in [0.2, 0.25) is 0 Å². The van der Waals surface area contributed by atoms with E-state index in [9.17, 15) is 0 Å². The largest absolute Gasteiger partial charge is 0.103 e. The Labute approximate surface area is 64.3 Å². The minimum atomic E-state index is 0.909. The van der Waals surface area contributed by atoms with E-state index in [1.807, 2.05) is 6.08 Å². The molecular weight excluding hydrogens is 120 g/mol. The molecule has 1 aliphatic carbocycles. The number of hydrogen-bond donors (Lipinski definition) is 0. The van der Waals surface area contributed by atoms with Gasteiger partial charge in [0.15, 0.2) is 0 Å². The maximum atomic E-state index is 3.71. The van der Waals surface area contributed by atoms with Gasteiger partial charge in [-0.05, 0) is 18.8 Å². The quantitative estimate of drug-likeness (QED) is 0.523. The Hall–Kier alpha value is -0.260. The highest BCUT2D eigenvalue weighted by molar-refractivity contribution is 4.85. The molecule has 0 unspecified atom stereocenters. The predicted octanol–water partition coefficient (Wildman–Crippen LogP) is 3.35. The van der Waals surface area contributed by atoms with Crippen molar-refractivity contribution in [3.63, 3.8) is 0 Å². The van der Waals surface area contributed by atoms with Crippen molar-refractivity contribution in [2.45, 2.75) is 38.5 Å². The van der Waals surface area contributed by atoms with Crippen LogP contribution in [0.15, 0.2) is 12.7 Å². The second kappa shape index (κ2) is 4.54. The van der Waals surface area contributed by atoms with Gasteiger partial charge in [-0.1, -0.05) is 38.2 Å². The highest BCUT2D eigenvalue weighted by Gasteiger charge is 2.11. The number of hydrogen-bond acceptors (Lipinski definition) is 0. The normalized spacial score (nSPS) is 20.8. The molecule has 1 rings (SSSR count). The minimum absolute atomic E-state index is 0.909. The highest BCUT2D eigenvalue weighted by atomic mass is 14.2. The van der Waals surface area contributed by atoms with Crippen molar-refractivity contribution in [1.29, 1.82) is 0 Å². The van der Waals surface area contributed by atoms with Crippen LogP contribution in [0.2, 0.25) is 0 Å². The van der Waals surface area contributed by atoms with Crippen molar-refractivity contribution in [1.82, 2.24) is 0 Å². The first-order valence-electron chi connectivity index (χ1n) is 4.37. The zero-order valence-electron chi connectivity index (χ0n) is 6.68. The van der Waals surface area contributed by atoms with Gasteiger partial charge in [0.05, 0.1) is 0 Å². The molecular formula is C10H17. The average molecular weight is 137 g/mol. The Bertz CT molecular complexity index is 88.2. The Kier molecular flexibility index (Phi) is 3.56. The van der Waals surface area contributed by atoms with Gasteiger partial charge < -0.3 is 0 Å². The lowest BCUT2D eigenvalue weighted by molar-refractivity contribution is 0.395. The van der Waals surface area contributed by atoms with Crippen molar-refractivity contribution in [3.05, 3.63) is 19.1 Å². The summed E-state index contributed by atoms with van der Waals surface area (Å²) < 4.78 is 0. The van der Waals surface area contributed by atoms with E-state index in [0.29, 0.717) is 0 Å². The van der Waals surface area contributed by atoms with Crippen LogP contribution in [0.25, 0.3) is 0 Å². The fraction of sp³-hybridized carbons (Fsp3) is 0.700. The van der Waals surface area contributed by atoms with Gasteiger partial charge in [-0.25, -0.2) is 0 Å². The van der Waals surface area contributed by atoms with Crippen molar-refractivity contribution in [3.8, 4) is 0 Å². The number of rotatable bonds is 3. The van der Waals surface area contributed by atoms with E-state index in [0.717, 1.165) is 12.3 Å². The summed E-state index contributed by atoms with van der Waals surface area (Å²) in [4.78, 5) is 0. The fourth-order valence-electron chi connectivity index (χ4n) is 1.66. The van der Waals surface area contributed by atoms with E-state index >= 15 is 0 Å². The first kappa shape index (κ1) is 7.84. The van der Waals surface area contributed by atoms with Crippen LogP contribution in [0.1, 0.15) is 38.5 Å². The summed E-state index contributed by atoms with van der Waals surface area (Å²) >= 11 is 0. The molecule has 0 aromatic carbocycles. The monoisotopic (exact) mass is 137 g/mol. The van der Waals surface area contributed by atoms with Crippen LogP contribution in [0.4, 0.5) is 0 Å². The second-order valence-corrected chi connectivity index (χ2v) is 3.16. The van der Waals surface area contributed by atoms with E-state index in [4.69, 9.17) is 0 Å². The van der Waals surface area contributed by atoms with Crippen LogP contribution < -0.4 is 0 Å². The fourth-order valence-corrected chi connectivity index (χ4v) is 1.66. The van der Waals surface area contributed by atoms with Crippen LogP contribution in [0, 0.1) is 12.3 Å². The molecule has 0 aromatic rings. The predicted molar refractivity (Wildman–Crippen MR) is 45.7 cm³/mol. The van der Waals surface area contributed by atoms with Crippen LogP contribution in [0.3, 0.4) is 0 Å². The molecule has 1 saturated carbocycles. The highest BCUT2D eigenvalue weighted by Crippen LogP contribution is 2.26. The van der Waals surface area contributed by atoms with Gasteiger partial charge in [0, 0.05) is 0 Å². The van der Waals surface area contributed by atoms with Gasteiger partial charge in [-0.15, -0.1) is 6.58 Å². The molecule has 1 radical (unpaired) electrons. The molecule has 0 heterocycles. The Morgan fingerprint density at radius 2 is 1.90 bits per heavy atom. The van der Waals surface area contributed by atoms with Gasteiger partial charge >= 0.3 is 0 Å². The van der Waals surface area contributed by atoms with E-state index in [1.165, 1.54) is 32.1 Å². The van der Waals surface area contributed by atoms with Gasteiger partial charge in [0.1, 0.15) is 0 Å². The molecule has 57 valence electrons. The van der Waals surface area contributed by atoms with Crippen molar-refractivity contribution in [2.24, 2.45) is 5.92 Å². The van der Waals surface area contributed by atoms with Gasteiger partial charge in [-0.2, -0.15) is 0 Å². The molecule has 0 aromatic heterocycles. The minimum Gasteiger partial charge on any atom is -0.103 e. The number of allylic oxidation sites excluding steroid dienone is 1. The average Bonchev–Trinajstić information content (AvgIpc) is 2.03.